The van der Waals surface area contributed by atoms with E-state index in [4.69, 9.17) is 11.6 Å². The molecule has 1 aliphatic rings. The predicted molar refractivity (Wildman–Crippen MR) is 113 cm³/mol. The number of hydrazone groups is 1. The van der Waals surface area contributed by atoms with E-state index in [1.165, 1.54) is 0 Å². The minimum Gasteiger partial charge on any atom is -0.236 e. The molecular formula is C21H20ClN3O2S. The van der Waals surface area contributed by atoms with Crippen molar-refractivity contribution in [1.29, 1.82) is 0 Å². The van der Waals surface area contributed by atoms with Crippen molar-refractivity contribution in [1.82, 2.24) is 9.40 Å². The quantitative estimate of drug-likeness (QED) is 0.589. The Balaban J connectivity index is 1.81. The lowest BCUT2D eigenvalue weighted by Crippen LogP contribution is -2.26. The first-order chi connectivity index (χ1) is 13.2. The van der Waals surface area contributed by atoms with E-state index in [1.807, 2.05) is 62.4 Å². The van der Waals surface area contributed by atoms with E-state index >= 15 is 0 Å². The normalized spacial score (nSPS) is 17.2. The lowest BCUT2D eigenvalue weighted by Gasteiger charge is -2.22. The highest BCUT2D eigenvalue weighted by atomic mass is 35.5. The highest BCUT2D eigenvalue weighted by Crippen LogP contribution is 2.38. The molecule has 0 amide bonds. The number of hydrogen-bond donors (Lipinski definition) is 0. The van der Waals surface area contributed by atoms with Crippen LogP contribution >= 0.6 is 11.6 Å². The van der Waals surface area contributed by atoms with Crippen molar-refractivity contribution in [2.45, 2.75) is 26.3 Å². The number of nitrogens with zero attached hydrogens (tertiary/aromatic N) is 3. The average Bonchev–Trinajstić information content (AvgIpc) is 3.07. The van der Waals surface area contributed by atoms with Crippen LogP contribution < -0.4 is 0 Å². The third-order valence-corrected chi connectivity index (χ3v) is 6.23. The number of benzene rings is 2. The van der Waals surface area contributed by atoms with Gasteiger partial charge in [0, 0.05) is 17.4 Å². The standard InChI is InChI=1S/C21H20ClN3O2S/c1-13-4-7-15(8-5-13)19-12-20(25(24-19)28(3,26)27)17-11-16-10-14(2)6-9-18(16)23-21(17)22/h4-11,20H,12H2,1-3H3. The van der Waals surface area contributed by atoms with Crippen LogP contribution in [0.4, 0.5) is 0 Å². The summed E-state index contributed by atoms with van der Waals surface area (Å²) < 4.78 is 26.0. The first kappa shape index (κ1) is 18.9. The topological polar surface area (TPSA) is 62.6 Å². The second-order valence-corrected chi connectivity index (χ2v) is 9.43. The monoisotopic (exact) mass is 413 g/mol. The molecule has 0 saturated heterocycles. The summed E-state index contributed by atoms with van der Waals surface area (Å²) in [6.07, 6.45) is 1.60. The van der Waals surface area contributed by atoms with Gasteiger partial charge in [-0.25, -0.2) is 13.4 Å². The number of rotatable bonds is 3. The van der Waals surface area contributed by atoms with Gasteiger partial charge in [0.05, 0.1) is 23.5 Å². The number of pyridine rings is 1. The van der Waals surface area contributed by atoms with Crippen LogP contribution in [0.3, 0.4) is 0 Å². The van der Waals surface area contributed by atoms with Gasteiger partial charge in [0.2, 0.25) is 10.0 Å². The third kappa shape index (κ3) is 3.50. The summed E-state index contributed by atoms with van der Waals surface area (Å²) in [7, 11) is -3.57. The first-order valence-electron chi connectivity index (χ1n) is 8.93. The van der Waals surface area contributed by atoms with Crippen molar-refractivity contribution in [2.24, 2.45) is 5.10 Å². The maximum Gasteiger partial charge on any atom is 0.247 e. The summed E-state index contributed by atoms with van der Waals surface area (Å²) >= 11 is 6.47. The van der Waals surface area contributed by atoms with Gasteiger partial charge in [0.1, 0.15) is 5.15 Å². The molecule has 0 bridgehead atoms. The molecule has 5 nitrogen and oxygen atoms in total. The lowest BCUT2D eigenvalue weighted by molar-refractivity contribution is 0.374. The number of halogens is 1. The van der Waals surface area contributed by atoms with Crippen LogP contribution in [-0.4, -0.2) is 29.8 Å². The van der Waals surface area contributed by atoms with Gasteiger partial charge < -0.3 is 0 Å². The summed E-state index contributed by atoms with van der Waals surface area (Å²) in [5, 5.41) is 5.66. The van der Waals surface area contributed by atoms with Crippen LogP contribution in [0.1, 0.15) is 34.7 Å². The molecule has 0 fully saturated rings. The molecule has 0 radical (unpaired) electrons. The SMILES string of the molecule is Cc1ccc(C2=NN(S(C)(=O)=O)C(c3cc4cc(C)ccc4nc3Cl)C2)cc1. The Bertz CT molecular complexity index is 1200. The molecule has 0 spiro atoms. The summed E-state index contributed by atoms with van der Waals surface area (Å²) in [5.41, 5.74) is 5.30. The Morgan fingerprint density at radius 3 is 2.39 bits per heavy atom. The molecule has 0 aliphatic carbocycles. The van der Waals surface area contributed by atoms with Gasteiger partial charge in [0.15, 0.2) is 0 Å². The number of sulfonamides is 1. The summed E-state index contributed by atoms with van der Waals surface area (Å²) in [6, 6.07) is 15.2. The third-order valence-electron chi connectivity index (χ3n) is 4.91. The number of aromatic nitrogens is 1. The van der Waals surface area contributed by atoms with Crippen molar-refractivity contribution < 1.29 is 8.42 Å². The Hall–Kier alpha value is -2.44. The molecule has 1 aliphatic heterocycles. The first-order valence-corrected chi connectivity index (χ1v) is 11.2. The van der Waals surface area contributed by atoms with E-state index in [0.29, 0.717) is 17.1 Å². The van der Waals surface area contributed by atoms with Gasteiger partial charge in [0.25, 0.3) is 0 Å². The smallest absolute Gasteiger partial charge is 0.236 e. The molecule has 4 rings (SSSR count). The van der Waals surface area contributed by atoms with Gasteiger partial charge in [-0.1, -0.05) is 53.1 Å². The fraction of sp³-hybridized carbons (Fsp3) is 0.238. The highest BCUT2D eigenvalue weighted by Gasteiger charge is 2.36. The van der Waals surface area contributed by atoms with Gasteiger partial charge in [-0.15, -0.1) is 0 Å². The molecule has 144 valence electrons. The highest BCUT2D eigenvalue weighted by molar-refractivity contribution is 7.88. The second-order valence-electron chi connectivity index (χ2n) is 7.23. The molecule has 1 unspecified atom stereocenters. The maximum atomic E-state index is 12.4. The Morgan fingerprint density at radius 1 is 1.04 bits per heavy atom. The Labute approximate surface area is 169 Å². The van der Waals surface area contributed by atoms with Gasteiger partial charge in [-0.05, 0) is 37.6 Å². The fourth-order valence-corrected chi connectivity index (χ4v) is 4.64. The van der Waals surface area contributed by atoms with E-state index in [2.05, 4.69) is 10.1 Å². The molecule has 1 atom stereocenters. The molecule has 2 aromatic carbocycles. The second kappa shape index (κ2) is 6.87. The molecule has 0 saturated carbocycles. The molecule has 1 aromatic heterocycles. The van der Waals surface area contributed by atoms with E-state index in [-0.39, 0.29) is 0 Å². The zero-order chi connectivity index (χ0) is 20.1. The molecule has 28 heavy (non-hydrogen) atoms. The van der Waals surface area contributed by atoms with Gasteiger partial charge in [-0.2, -0.15) is 9.52 Å². The lowest BCUT2D eigenvalue weighted by atomic mass is 9.98. The molecular weight excluding hydrogens is 394 g/mol. The van der Waals surface area contributed by atoms with Crippen LogP contribution in [0, 0.1) is 13.8 Å². The van der Waals surface area contributed by atoms with E-state index in [1.54, 1.807) is 0 Å². The van der Waals surface area contributed by atoms with Crippen molar-refractivity contribution in [2.75, 3.05) is 6.26 Å². The van der Waals surface area contributed by atoms with E-state index in [0.717, 1.165) is 44.0 Å². The Kier molecular flexibility index (Phi) is 4.63. The number of aryl methyl sites for hydroxylation is 2. The van der Waals surface area contributed by atoms with Crippen LogP contribution in [0.2, 0.25) is 5.15 Å². The van der Waals surface area contributed by atoms with Crippen LogP contribution in [0.25, 0.3) is 10.9 Å². The largest absolute Gasteiger partial charge is 0.247 e. The van der Waals surface area contributed by atoms with Gasteiger partial charge >= 0.3 is 0 Å². The minimum absolute atomic E-state index is 0.301. The number of fused-ring (bicyclic) bond motifs is 1. The van der Waals surface area contributed by atoms with Crippen molar-refractivity contribution in [3.8, 4) is 0 Å². The molecule has 0 N–H and O–H groups in total. The Morgan fingerprint density at radius 2 is 1.71 bits per heavy atom. The van der Waals surface area contributed by atoms with Crippen molar-refractivity contribution >= 4 is 38.2 Å². The fourth-order valence-electron chi connectivity index (χ4n) is 3.47. The number of hydrogen-bond acceptors (Lipinski definition) is 4. The van der Waals surface area contributed by atoms with Crippen LogP contribution in [0.15, 0.2) is 53.6 Å². The van der Waals surface area contributed by atoms with E-state index in [9.17, 15) is 8.42 Å². The van der Waals surface area contributed by atoms with Crippen molar-refractivity contribution in [3.63, 3.8) is 0 Å². The summed E-state index contributed by atoms with van der Waals surface area (Å²) in [4.78, 5) is 4.48. The van der Waals surface area contributed by atoms with E-state index < -0.39 is 16.1 Å². The average molecular weight is 414 g/mol. The summed E-state index contributed by atoms with van der Waals surface area (Å²) in [5.74, 6) is 0. The maximum absolute atomic E-state index is 12.4. The van der Waals surface area contributed by atoms with Gasteiger partial charge in [-0.3, -0.25) is 0 Å². The molecule has 2 heterocycles. The minimum atomic E-state index is -3.57. The zero-order valence-electron chi connectivity index (χ0n) is 15.8. The molecule has 3 aromatic rings. The predicted octanol–water partition coefficient (Wildman–Crippen LogP) is 4.62. The van der Waals surface area contributed by atoms with Crippen LogP contribution in [-0.2, 0) is 10.0 Å². The van der Waals surface area contributed by atoms with Crippen molar-refractivity contribution in [3.05, 3.63) is 75.9 Å². The van der Waals surface area contributed by atoms with Crippen LogP contribution in [0.5, 0.6) is 0 Å². The zero-order valence-corrected chi connectivity index (χ0v) is 17.4. The summed E-state index contributed by atoms with van der Waals surface area (Å²) in [6.45, 7) is 4.01. The molecule has 7 heteroatoms.